The highest BCUT2D eigenvalue weighted by atomic mass is 28.2. The maximum atomic E-state index is 11.5. The van der Waals surface area contributed by atoms with Crippen LogP contribution >= 0.6 is 0 Å². The molecule has 3 nitrogen and oxygen atoms in total. The topological polar surface area (TPSA) is 35.5 Å². The fraction of sp³-hybridized carbons (Fsp3) is 0.727. The molecule has 2 atom stereocenters. The van der Waals surface area contributed by atoms with Gasteiger partial charge in [0.05, 0.1) is 0 Å². The van der Waals surface area contributed by atoms with Gasteiger partial charge in [-0.3, -0.25) is 0 Å². The fourth-order valence-corrected chi connectivity index (χ4v) is 1.86. The van der Waals surface area contributed by atoms with E-state index in [-0.39, 0.29) is 18.0 Å². The zero-order chi connectivity index (χ0) is 11.8. The monoisotopic (exact) mass is 230 g/mol. The van der Waals surface area contributed by atoms with Gasteiger partial charge in [-0.25, -0.2) is 4.79 Å². The van der Waals surface area contributed by atoms with Gasteiger partial charge < -0.3 is 9.16 Å². The molecule has 4 heteroatoms. The summed E-state index contributed by atoms with van der Waals surface area (Å²) >= 11 is 0. The summed E-state index contributed by atoms with van der Waals surface area (Å²) in [6.07, 6.45) is 1.39. The molecular weight excluding hydrogens is 208 g/mol. The van der Waals surface area contributed by atoms with Gasteiger partial charge in [-0.05, 0) is 12.8 Å². The fourth-order valence-electron chi connectivity index (χ4n) is 1.34. The Morgan fingerprint density at radius 3 is 2.47 bits per heavy atom. The van der Waals surface area contributed by atoms with E-state index in [1.54, 1.807) is 0 Å². The van der Waals surface area contributed by atoms with Crippen molar-refractivity contribution in [3.63, 3.8) is 0 Å². The van der Waals surface area contributed by atoms with Crippen LogP contribution in [0.2, 0.25) is 0 Å². The van der Waals surface area contributed by atoms with E-state index < -0.39 is 0 Å². The van der Waals surface area contributed by atoms with Crippen LogP contribution in [-0.4, -0.2) is 29.2 Å². The number of hydrogen-bond donors (Lipinski definition) is 0. The molecule has 0 aliphatic heterocycles. The number of hydrogen-bond acceptors (Lipinski definition) is 3. The van der Waals surface area contributed by atoms with Crippen LogP contribution in [0.15, 0.2) is 12.2 Å². The van der Waals surface area contributed by atoms with Gasteiger partial charge in [-0.2, -0.15) is 0 Å². The second kappa shape index (κ2) is 7.65. The molecule has 0 aromatic rings. The number of carbonyl (C=O) groups is 1. The first kappa shape index (κ1) is 14.4. The van der Waals surface area contributed by atoms with Crippen LogP contribution in [-0.2, 0) is 14.0 Å². The minimum atomic E-state index is -0.274. The molecule has 0 saturated carbocycles. The van der Waals surface area contributed by atoms with Crippen LogP contribution in [0, 0.1) is 5.92 Å². The molecule has 88 valence electrons. The van der Waals surface area contributed by atoms with Gasteiger partial charge in [0.25, 0.3) is 0 Å². The number of rotatable bonds is 7. The molecule has 0 rings (SSSR count). The number of carbonyl (C=O) groups excluding carboxylic acids is 1. The van der Waals surface area contributed by atoms with E-state index in [9.17, 15) is 4.79 Å². The Kier molecular flexibility index (Phi) is 7.34. The SMILES string of the molecule is C=C(CC)C(=O)OC(CC)C(C)CO[SiH3]. The maximum Gasteiger partial charge on any atom is 0.333 e. The lowest BCUT2D eigenvalue weighted by Crippen LogP contribution is -2.28. The van der Waals surface area contributed by atoms with E-state index in [2.05, 4.69) is 6.58 Å². The van der Waals surface area contributed by atoms with E-state index in [4.69, 9.17) is 9.16 Å². The van der Waals surface area contributed by atoms with Crippen molar-refractivity contribution in [1.82, 2.24) is 0 Å². The van der Waals surface area contributed by atoms with Crippen LogP contribution in [0.3, 0.4) is 0 Å². The standard InChI is InChI=1S/C11H22O3Si/c1-5-8(3)11(12)14-10(6-2)9(4)7-13-15/h9-10H,3,5-7H2,1-2,4,15H3. The molecule has 0 aliphatic rings. The van der Waals surface area contributed by atoms with Crippen LogP contribution in [0.5, 0.6) is 0 Å². The molecule has 0 aromatic heterocycles. The molecule has 0 aromatic carbocycles. The smallest absolute Gasteiger partial charge is 0.333 e. The van der Waals surface area contributed by atoms with Crippen LogP contribution in [0.4, 0.5) is 0 Å². The summed E-state index contributed by atoms with van der Waals surface area (Å²) in [6.45, 7) is 10.3. The molecule has 0 amide bonds. The van der Waals surface area contributed by atoms with E-state index in [1.165, 1.54) is 0 Å². The Labute approximate surface area is 95.4 Å². The summed E-state index contributed by atoms with van der Waals surface area (Å²) in [7, 11) is 0.723. The summed E-state index contributed by atoms with van der Waals surface area (Å²) in [6, 6.07) is 0. The van der Waals surface area contributed by atoms with E-state index >= 15 is 0 Å². The average Bonchev–Trinajstić information content (AvgIpc) is 2.24. The first-order chi connectivity index (χ1) is 7.06. The highest BCUT2D eigenvalue weighted by molar-refractivity contribution is 5.97. The molecule has 0 aliphatic carbocycles. The first-order valence-electron chi connectivity index (χ1n) is 5.44. The van der Waals surface area contributed by atoms with Gasteiger partial charge >= 0.3 is 5.97 Å². The van der Waals surface area contributed by atoms with Crippen molar-refractivity contribution in [1.29, 1.82) is 0 Å². The van der Waals surface area contributed by atoms with Crippen molar-refractivity contribution in [2.24, 2.45) is 5.92 Å². The Hall–Kier alpha value is -0.613. The molecule has 0 radical (unpaired) electrons. The van der Waals surface area contributed by atoms with Gasteiger partial charge in [0, 0.05) is 18.1 Å². The molecule has 0 heterocycles. The minimum Gasteiger partial charge on any atom is -0.459 e. The molecule has 0 spiro atoms. The Bertz CT molecular complexity index is 216. The molecule has 0 bridgehead atoms. The predicted octanol–water partition coefficient (Wildman–Crippen LogP) is 1.21. The lowest BCUT2D eigenvalue weighted by atomic mass is 10.0. The van der Waals surface area contributed by atoms with Crippen LogP contribution < -0.4 is 0 Å². The maximum absolute atomic E-state index is 11.5. The largest absolute Gasteiger partial charge is 0.459 e. The molecule has 0 N–H and O–H groups in total. The zero-order valence-corrected chi connectivity index (χ0v) is 12.2. The Morgan fingerprint density at radius 2 is 2.07 bits per heavy atom. The van der Waals surface area contributed by atoms with Crippen molar-refractivity contribution < 1.29 is 14.0 Å². The first-order valence-corrected chi connectivity index (χ1v) is 6.26. The minimum absolute atomic E-state index is 0.0604. The van der Waals surface area contributed by atoms with Crippen LogP contribution in [0.25, 0.3) is 0 Å². The third kappa shape index (κ3) is 5.13. The Balaban J connectivity index is 4.20. The van der Waals surface area contributed by atoms with Gasteiger partial charge in [-0.1, -0.05) is 27.4 Å². The van der Waals surface area contributed by atoms with E-state index in [1.807, 2.05) is 20.8 Å². The van der Waals surface area contributed by atoms with Crippen LogP contribution in [0.1, 0.15) is 33.6 Å². The van der Waals surface area contributed by atoms with Gasteiger partial charge in [0.15, 0.2) is 0 Å². The molecule has 2 unspecified atom stereocenters. The molecular formula is C11H22O3Si. The van der Waals surface area contributed by atoms with E-state index in [0.29, 0.717) is 18.6 Å². The number of esters is 1. The highest BCUT2D eigenvalue weighted by Gasteiger charge is 2.20. The van der Waals surface area contributed by atoms with Crippen molar-refractivity contribution in [3.8, 4) is 0 Å². The second-order valence-corrected chi connectivity index (χ2v) is 4.32. The van der Waals surface area contributed by atoms with E-state index in [0.717, 1.165) is 16.9 Å². The number of ether oxygens (including phenoxy) is 1. The lowest BCUT2D eigenvalue weighted by Gasteiger charge is -2.22. The predicted molar refractivity (Wildman–Crippen MR) is 64.7 cm³/mol. The average molecular weight is 230 g/mol. The summed E-state index contributed by atoms with van der Waals surface area (Å²) in [5.41, 5.74) is 0.535. The third-order valence-electron chi connectivity index (χ3n) is 2.44. The third-order valence-corrected chi connectivity index (χ3v) is 2.77. The Morgan fingerprint density at radius 1 is 1.47 bits per heavy atom. The van der Waals surface area contributed by atoms with Crippen molar-refractivity contribution in [2.45, 2.75) is 39.7 Å². The quantitative estimate of drug-likeness (QED) is 0.375. The molecule has 0 saturated heterocycles. The van der Waals surface area contributed by atoms with Crippen molar-refractivity contribution in [3.05, 3.63) is 12.2 Å². The van der Waals surface area contributed by atoms with Gasteiger partial charge in [0.2, 0.25) is 0 Å². The van der Waals surface area contributed by atoms with Gasteiger partial charge in [0.1, 0.15) is 16.6 Å². The lowest BCUT2D eigenvalue weighted by molar-refractivity contribution is -0.147. The molecule has 0 fully saturated rings. The molecule has 15 heavy (non-hydrogen) atoms. The zero-order valence-electron chi connectivity index (χ0n) is 10.2. The second-order valence-electron chi connectivity index (χ2n) is 3.74. The van der Waals surface area contributed by atoms with Gasteiger partial charge in [-0.15, -0.1) is 0 Å². The van der Waals surface area contributed by atoms with Crippen molar-refractivity contribution >= 4 is 16.5 Å². The summed E-state index contributed by atoms with van der Waals surface area (Å²) in [4.78, 5) is 11.5. The normalized spacial score (nSPS) is 14.6. The van der Waals surface area contributed by atoms with Crippen molar-refractivity contribution in [2.75, 3.05) is 6.61 Å². The summed E-state index contributed by atoms with van der Waals surface area (Å²) in [5.74, 6) is -0.0225. The highest BCUT2D eigenvalue weighted by Crippen LogP contribution is 2.14. The summed E-state index contributed by atoms with van der Waals surface area (Å²) < 4.78 is 10.5. The summed E-state index contributed by atoms with van der Waals surface area (Å²) in [5, 5.41) is 0.